The topological polar surface area (TPSA) is 12.5 Å². The minimum Gasteiger partial charge on any atom is -0.435 e. The van der Waals surface area contributed by atoms with E-state index in [-0.39, 0.29) is 5.75 Å². The molecule has 108 valence electrons. The molecule has 20 heavy (non-hydrogen) atoms. The molecule has 1 aromatic carbocycles. The SMILES string of the molecule is CN(Cc1ccc(OC(F)F)cc1)Cc1sccc1Br. The molecular formula is C14H14BrF2NOS. The molecule has 0 aliphatic carbocycles. The summed E-state index contributed by atoms with van der Waals surface area (Å²) in [5.41, 5.74) is 1.06. The van der Waals surface area contributed by atoms with E-state index in [1.54, 1.807) is 35.6 Å². The lowest BCUT2D eigenvalue weighted by molar-refractivity contribution is -0.0498. The van der Waals surface area contributed by atoms with Crippen LogP contribution in [0.4, 0.5) is 8.78 Å². The van der Waals surface area contributed by atoms with E-state index in [9.17, 15) is 8.78 Å². The molecule has 2 aromatic rings. The summed E-state index contributed by atoms with van der Waals surface area (Å²) in [6.07, 6.45) is 0. The molecule has 0 amide bonds. The zero-order valence-corrected chi connectivity index (χ0v) is 13.3. The van der Waals surface area contributed by atoms with Crippen LogP contribution in [0.15, 0.2) is 40.2 Å². The van der Waals surface area contributed by atoms with Crippen LogP contribution in [0, 0.1) is 0 Å². The molecule has 0 spiro atoms. The van der Waals surface area contributed by atoms with Gasteiger partial charge in [0.05, 0.1) is 0 Å². The van der Waals surface area contributed by atoms with Gasteiger partial charge in [-0.2, -0.15) is 8.78 Å². The van der Waals surface area contributed by atoms with Crippen LogP contribution in [0.5, 0.6) is 5.75 Å². The van der Waals surface area contributed by atoms with Crippen molar-refractivity contribution in [1.29, 1.82) is 0 Å². The van der Waals surface area contributed by atoms with Crippen LogP contribution < -0.4 is 4.74 Å². The van der Waals surface area contributed by atoms with Gasteiger partial charge in [0.1, 0.15) is 5.75 Å². The predicted molar refractivity (Wildman–Crippen MR) is 80.3 cm³/mol. The quantitative estimate of drug-likeness (QED) is 0.736. The largest absolute Gasteiger partial charge is 0.435 e. The molecule has 0 saturated heterocycles. The average molecular weight is 362 g/mol. The lowest BCUT2D eigenvalue weighted by atomic mass is 10.2. The molecule has 0 atom stereocenters. The molecule has 1 heterocycles. The molecule has 0 aliphatic rings. The molecule has 1 aromatic heterocycles. The Kier molecular flexibility index (Phi) is 5.51. The summed E-state index contributed by atoms with van der Waals surface area (Å²) >= 11 is 5.21. The van der Waals surface area contributed by atoms with Crippen LogP contribution in [0.2, 0.25) is 0 Å². The Labute approximate surface area is 129 Å². The Morgan fingerprint density at radius 1 is 1.20 bits per heavy atom. The van der Waals surface area contributed by atoms with Crippen molar-refractivity contribution < 1.29 is 13.5 Å². The summed E-state index contributed by atoms with van der Waals surface area (Å²) in [6.45, 7) is -1.19. The van der Waals surface area contributed by atoms with Gasteiger partial charge in [-0.15, -0.1) is 11.3 Å². The fraction of sp³-hybridized carbons (Fsp3) is 0.286. The van der Waals surface area contributed by atoms with Crippen molar-refractivity contribution in [2.75, 3.05) is 7.05 Å². The third kappa shape index (κ3) is 4.54. The highest BCUT2D eigenvalue weighted by atomic mass is 79.9. The molecule has 0 N–H and O–H groups in total. The number of benzene rings is 1. The zero-order chi connectivity index (χ0) is 14.5. The molecule has 0 radical (unpaired) electrons. The van der Waals surface area contributed by atoms with Crippen molar-refractivity contribution in [2.24, 2.45) is 0 Å². The predicted octanol–water partition coefficient (Wildman–Crippen LogP) is 4.74. The molecule has 6 heteroatoms. The minimum absolute atomic E-state index is 0.187. The molecular weight excluding hydrogens is 348 g/mol. The fourth-order valence-electron chi connectivity index (χ4n) is 1.83. The van der Waals surface area contributed by atoms with Crippen LogP contribution in [-0.2, 0) is 13.1 Å². The average Bonchev–Trinajstić information content (AvgIpc) is 2.77. The van der Waals surface area contributed by atoms with Crippen molar-refractivity contribution in [3.8, 4) is 5.75 Å². The maximum Gasteiger partial charge on any atom is 0.387 e. The summed E-state index contributed by atoms with van der Waals surface area (Å²) in [4.78, 5) is 3.43. The third-order valence-electron chi connectivity index (χ3n) is 2.71. The number of rotatable bonds is 6. The molecule has 0 aliphatic heterocycles. The molecule has 0 saturated carbocycles. The number of hydrogen-bond acceptors (Lipinski definition) is 3. The van der Waals surface area contributed by atoms with Gasteiger partial charge in [0.25, 0.3) is 0 Å². The molecule has 0 fully saturated rings. The van der Waals surface area contributed by atoms with Gasteiger partial charge in [0.2, 0.25) is 0 Å². The standard InChI is InChI=1S/C14H14BrF2NOS/c1-18(9-13-12(15)6-7-20-13)8-10-2-4-11(5-3-10)19-14(16)17/h2-7,14H,8-9H2,1H3. The van der Waals surface area contributed by atoms with Crippen LogP contribution in [0.3, 0.4) is 0 Å². The first-order chi connectivity index (χ1) is 9.54. The van der Waals surface area contributed by atoms with Crippen LogP contribution in [-0.4, -0.2) is 18.6 Å². The van der Waals surface area contributed by atoms with Crippen molar-refractivity contribution in [1.82, 2.24) is 4.90 Å². The highest BCUT2D eigenvalue weighted by molar-refractivity contribution is 9.10. The van der Waals surface area contributed by atoms with E-state index < -0.39 is 6.61 Å². The lowest BCUT2D eigenvalue weighted by Gasteiger charge is -2.16. The first-order valence-electron chi connectivity index (χ1n) is 5.99. The normalized spacial score (nSPS) is 11.3. The summed E-state index contributed by atoms with van der Waals surface area (Å²) in [5, 5.41) is 2.05. The molecule has 0 bridgehead atoms. The van der Waals surface area contributed by atoms with Crippen LogP contribution in [0.1, 0.15) is 10.4 Å². The van der Waals surface area contributed by atoms with Gasteiger partial charge in [0, 0.05) is 22.4 Å². The molecule has 2 rings (SSSR count). The first-order valence-corrected chi connectivity index (χ1v) is 7.66. The third-order valence-corrected chi connectivity index (χ3v) is 4.62. The summed E-state index contributed by atoms with van der Waals surface area (Å²) in [6, 6.07) is 8.77. The Morgan fingerprint density at radius 3 is 2.45 bits per heavy atom. The van der Waals surface area contributed by atoms with Gasteiger partial charge in [-0.3, -0.25) is 4.90 Å². The number of nitrogens with zero attached hydrogens (tertiary/aromatic N) is 1. The maximum absolute atomic E-state index is 12.0. The number of hydrogen-bond donors (Lipinski definition) is 0. The number of alkyl halides is 2. The van der Waals surface area contributed by atoms with Gasteiger partial charge in [-0.05, 0) is 52.1 Å². The van der Waals surface area contributed by atoms with Gasteiger partial charge >= 0.3 is 6.61 Å². The maximum atomic E-state index is 12.0. The first kappa shape index (κ1) is 15.4. The van der Waals surface area contributed by atoms with E-state index >= 15 is 0 Å². The van der Waals surface area contributed by atoms with E-state index in [4.69, 9.17) is 0 Å². The van der Waals surface area contributed by atoms with Gasteiger partial charge in [-0.25, -0.2) is 0 Å². The van der Waals surface area contributed by atoms with E-state index in [1.165, 1.54) is 4.88 Å². The van der Waals surface area contributed by atoms with E-state index in [2.05, 4.69) is 25.6 Å². The number of thiophene rings is 1. The van der Waals surface area contributed by atoms with Crippen molar-refractivity contribution in [2.45, 2.75) is 19.7 Å². The number of ether oxygens (including phenoxy) is 1. The van der Waals surface area contributed by atoms with Crippen molar-refractivity contribution in [3.05, 3.63) is 50.6 Å². The zero-order valence-electron chi connectivity index (χ0n) is 10.9. The highest BCUT2D eigenvalue weighted by Crippen LogP contribution is 2.24. The second kappa shape index (κ2) is 7.15. The Bertz CT molecular complexity index is 544. The second-order valence-electron chi connectivity index (χ2n) is 4.39. The van der Waals surface area contributed by atoms with Crippen molar-refractivity contribution in [3.63, 3.8) is 0 Å². The minimum atomic E-state index is -2.78. The smallest absolute Gasteiger partial charge is 0.387 e. The van der Waals surface area contributed by atoms with Gasteiger partial charge in [-0.1, -0.05) is 12.1 Å². The number of halogens is 3. The molecule has 0 unspecified atom stereocenters. The molecule has 2 nitrogen and oxygen atoms in total. The van der Waals surface area contributed by atoms with E-state index in [0.717, 1.165) is 23.1 Å². The highest BCUT2D eigenvalue weighted by Gasteiger charge is 2.07. The summed E-state index contributed by atoms with van der Waals surface area (Å²) in [5.74, 6) is 0.187. The lowest BCUT2D eigenvalue weighted by Crippen LogP contribution is -2.16. The van der Waals surface area contributed by atoms with Crippen LogP contribution in [0.25, 0.3) is 0 Å². The Morgan fingerprint density at radius 2 is 1.90 bits per heavy atom. The summed E-state index contributed by atoms with van der Waals surface area (Å²) in [7, 11) is 2.02. The van der Waals surface area contributed by atoms with Gasteiger partial charge in [0.15, 0.2) is 0 Å². The fourth-order valence-corrected chi connectivity index (χ4v) is 3.38. The van der Waals surface area contributed by atoms with Gasteiger partial charge < -0.3 is 4.74 Å². The Hall–Kier alpha value is -0.980. The van der Waals surface area contributed by atoms with Crippen molar-refractivity contribution >= 4 is 27.3 Å². The Balaban J connectivity index is 1.91. The summed E-state index contributed by atoms with van der Waals surface area (Å²) < 4.78 is 29.5. The monoisotopic (exact) mass is 361 g/mol. The second-order valence-corrected chi connectivity index (χ2v) is 6.24. The van der Waals surface area contributed by atoms with Crippen LogP contribution >= 0.6 is 27.3 Å². The van der Waals surface area contributed by atoms with E-state index in [0.29, 0.717) is 0 Å². The van der Waals surface area contributed by atoms with E-state index in [1.807, 2.05) is 18.5 Å².